The van der Waals surface area contributed by atoms with Gasteiger partial charge >= 0.3 is 12.0 Å². The van der Waals surface area contributed by atoms with Gasteiger partial charge in [-0.1, -0.05) is 24.3 Å². The van der Waals surface area contributed by atoms with E-state index in [9.17, 15) is 9.59 Å². The molecule has 0 unspecified atom stereocenters. The number of nitrogens with zero attached hydrogens (tertiary/aromatic N) is 2. The average Bonchev–Trinajstić information content (AvgIpc) is 3.41. The molecule has 1 aliphatic heterocycles. The minimum Gasteiger partial charge on any atom is -0.465 e. The molecule has 2 aromatic rings. The minimum atomic E-state index is -0.479. The molecule has 0 radical (unpaired) electrons. The molecule has 1 aromatic carbocycles. The Labute approximate surface area is 145 Å². The van der Waals surface area contributed by atoms with E-state index in [4.69, 9.17) is 0 Å². The lowest BCUT2D eigenvalue weighted by molar-refractivity contribution is 0.0600. The van der Waals surface area contributed by atoms with Gasteiger partial charge in [0.25, 0.3) is 0 Å². The molecular formula is C19H19N3O3. The van der Waals surface area contributed by atoms with E-state index in [1.165, 1.54) is 30.6 Å². The van der Waals surface area contributed by atoms with E-state index in [1.807, 2.05) is 11.0 Å². The SMILES string of the molecule is COC(=O)c1cncc(NC(=O)N2Cc3ccccc3C3(CC3)C2)c1. The zero-order valence-corrected chi connectivity index (χ0v) is 14.0. The van der Waals surface area contributed by atoms with E-state index in [0.29, 0.717) is 17.8 Å². The fourth-order valence-electron chi connectivity index (χ4n) is 3.55. The van der Waals surface area contributed by atoms with Gasteiger partial charge in [0.05, 0.1) is 24.6 Å². The number of esters is 1. The number of urea groups is 1. The van der Waals surface area contributed by atoms with Crippen molar-refractivity contribution in [3.05, 3.63) is 59.4 Å². The lowest BCUT2D eigenvalue weighted by Gasteiger charge is -2.35. The second-order valence-electron chi connectivity index (χ2n) is 6.68. The zero-order chi connectivity index (χ0) is 17.4. The zero-order valence-electron chi connectivity index (χ0n) is 14.0. The average molecular weight is 337 g/mol. The number of pyridine rings is 1. The van der Waals surface area contributed by atoms with Crippen molar-refractivity contribution in [1.82, 2.24) is 9.88 Å². The Kier molecular flexibility index (Phi) is 3.67. The number of hydrogen-bond donors (Lipinski definition) is 1. The van der Waals surface area contributed by atoms with Gasteiger partial charge in [-0.2, -0.15) is 0 Å². The summed E-state index contributed by atoms with van der Waals surface area (Å²) in [6.07, 6.45) is 5.17. The Bertz CT molecular complexity index is 845. The van der Waals surface area contributed by atoms with Gasteiger partial charge in [-0.15, -0.1) is 0 Å². The summed E-state index contributed by atoms with van der Waals surface area (Å²) in [5, 5.41) is 2.84. The van der Waals surface area contributed by atoms with E-state index in [2.05, 4.69) is 33.2 Å². The molecule has 6 heteroatoms. The van der Waals surface area contributed by atoms with Gasteiger partial charge in [-0.05, 0) is 30.0 Å². The topological polar surface area (TPSA) is 71.5 Å². The summed E-state index contributed by atoms with van der Waals surface area (Å²) in [5.74, 6) is -0.479. The fourth-order valence-corrected chi connectivity index (χ4v) is 3.55. The number of ether oxygens (including phenoxy) is 1. The molecule has 0 saturated heterocycles. The lowest BCUT2D eigenvalue weighted by Crippen LogP contribution is -2.43. The molecule has 2 amide bonds. The number of methoxy groups -OCH3 is 1. The first-order valence-corrected chi connectivity index (χ1v) is 8.29. The van der Waals surface area contributed by atoms with Gasteiger partial charge in [-0.25, -0.2) is 9.59 Å². The van der Waals surface area contributed by atoms with Crippen LogP contribution in [0.15, 0.2) is 42.7 Å². The maximum atomic E-state index is 12.7. The third kappa shape index (κ3) is 2.84. The molecule has 1 fully saturated rings. The molecule has 1 aromatic heterocycles. The van der Waals surface area contributed by atoms with Crippen LogP contribution < -0.4 is 5.32 Å². The number of carbonyl (C=O) groups is 2. The van der Waals surface area contributed by atoms with Crippen LogP contribution in [0.2, 0.25) is 0 Å². The molecule has 2 heterocycles. The summed E-state index contributed by atoms with van der Waals surface area (Å²) >= 11 is 0. The van der Waals surface area contributed by atoms with E-state index < -0.39 is 5.97 Å². The predicted molar refractivity (Wildman–Crippen MR) is 92.4 cm³/mol. The quantitative estimate of drug-likeness (QED) is 0.855. The van der Waals surface area contributed by atoms with Gasteiger partial charge in [0.2, 0.25) is 0 Å². The molecule has 1 aliphatic carbocycles. The largest absolute Gasteiger partial charge is 0.465 e. The predicted octanol–water partition coefficient (Wildman–Crippen LogP) is 2.95. The van der Waals surface area contributed by atoms with Crippen molar-refractivity contribution in [3.8, 4) is 0 Å². The van der Waals surface area contributed by atoms with E-state index in [-0.39, 0.29) is 11.4 Å². The highest BCUT2D eigenvalue weighted by molar-refractivity contribution is 5.93. The standard InChI is InChI=1S/C19H19N3O3/c1-25-17(23)14-8-15(10-20-9-14)21-18(24)22-11-13-4-2-3-5-16(13)19(12-22)6-7-19/h2-5,8-10H,6-7,11-12H2,1H3,(H,21,24). The van der Waals surface area contributed by atoms with E-state index in [1.54, 1.807) is 6.07 Å². The number of benzene rings is 1. The Morgan fingerprint density at radius 1 is 1.24 bits per heavy atom. The number of amides is 2. The summed E-state index contributed by atoms with van der Waals surface area (Å²) in [6.45, 7) is 1.31. The molecule has 6 nitrogen and oxygen atoms in total. The highest BCUT2D eigenvalue weighted by atomic mass is 16.5. The van der Waals surface area contributed by atoms with Crippen molar-refractivity contribution >= 4 is 17.7 Å². The van der Waals surface area contributed by atoms with Crippen LogP contribution >= 0.6 is 0 Å². The minimum absolute atomic E-state index is 0.123. The molecule has 0 bridgehead atoms. The first-order valence-electron chi connectivity index (χ1n) is 8.29. The van der Waals surface area contributed by atoms with Gasteiger partial charge in [0.15, 0.2) is 0 Å². The molecule has 128 valence electrons. The van der Waals surface area contributed by atoms with Crippen LogP contribution in [0.4, 0.5) is 10.5 Å². The maximum Gasteiger partial charge on any atom is 0.339 e. The van der Waals surface area contributed by atoms with Gasteiger partial charge in [0, 0.05) is 24.7 Å². The van der Waals surface area contributed by atoms with Gasteiger partial charge in [-0.3, -0.25) is 4.98 Å². The molecule has 1 saturated carbocycles. The number of aromatic nitrogens is 1. The molecule has 0 atom stereocenters. The van der Waals surface area contributed by atoms with E-state index in [0.717, 1.165) is 19.4 Å². The highest BCUT2D eigenvalue weighted by Gasteiger charge is 2.49. The molecule has 1 N–H and O–H groups in total. The van der Waals surface area contributed by atoms with Crippen molar-refractivity contribution in [2.24, 2.45) is 0 Å². The Morgan fingerprint density at radius 2 is 2.04 bits per heavy atom. The normalized spacial score (nSPS) is 16.9. The number of hydrogen-bond acceptors (Lipinski definition) is 4. The first-order chi connectivity index (χ1) is 12.1. The fraction of sp³-hybridized carbons (Fsp3) is 0.316. The van der Waals surface area contributed by atoms with Crippen molar-refractivity contribution in [2.45, 2.75) is 24.8 Å². The molecule has 4 rings (SSSR count). The van der Waals surface area contributed by atoms with Crippen molar-refractivity contribution in [3.63, 3.8) is 0 Å². The van der Waals surface area contributed by atoms with Crippen LogP contribution in [0, 0.1) is 0 Å². The first kappa shape index (κ1) is 15.6. The highest BCUT2D eigenvalue weighted by Crippen LogP contribution is 2.52. The van der Waals surface area contributed by atoms with Crippen molar-refractivity contribution in [1.29, 1.82) is 0 Å². The molecule has 1 spiro atoms. The van der Waals surface area contributed by atoms with Crippen LogP contribution in [-0.4, -0.2) is 35.5 Å². The second-order valence-corrected chi connectivity index (χ2v) is 6.68. The Hall–Kier alpha value is -2.89. The summed E-state index contributed by atoms with van der Waals surface area (Å²) < 4.78 is 4.69. The summed E-state index contributed by atoms with van der Waals surface area (Å²) in [4.78, 5) is 30.1. The summed E-state index contributed by atoms with van der Waals surface area (Å²) in [7, 11) is 1.31. The molecular weight excluding hydrogens is 318 g/mol. The Balaban J connectivity index is 1.52. The molecule has 25 heavy (non-hydrogen) atoms. The van der Waals surface area contributed by atoms with Crippen LogP contribution in [0.3, 0.4) is 0 Å². The Morgan fingerprint density at radius 3 is 2.80 bits per heavy atom. The summed E-state index contributed by atoms with van der Waals surface area (Å²) in [5.41, 5.74) is 3.51. The maximum absolute atomic E-state index is 12.7. The van der Waals surface area contributed by atoms with Crippen LogP contribution in [0.5, 0.6) is 0 Å². The summed E-state index contributed by atoms with van der Waals surface area (Å²) in [6, 6.07) is 9.75. The lowest BCUT2D eigenvalue weighted by atomic mass is 9.87. The number of fused-ring (bicyclic) bond motifs is 2. The van der Waals surface area contributed by atoms with Crippen LogP contribution in [-0.2, 0) is 16.7 Å². The smallest absolute Gasteiger partial charge is 0.339 e. The van der Waals surface area contributed by atoms with Crippen molar-refractivity contribution in [2.75, 3.05) is 19.0 Å². The number of nitrogens with one attached hydrogen (secondary N) is 1. The third-order valence-corrected chi connectivity index (χ3v) is 4.99. The van der Waals surface area contributed by atoms with E-state index >= 15 is 0 Å². The number of anilines is 1. The van der Waals surface area contributed by atoms with Crippen LogP contribution in [0.1, 0.15) is 34.3 Å². The van der Waals surface area contributed by atoms with Crippen LogP contribution in [0.25, 0.3) is 0 Å². The van der Waals surface area contributed by atoms with Gasteiger partial charge < -0.3 is 15.0 Å². The van der Waals surface area contributed by atoms with Gasteiger partial charge in [0.1, 0.15) is 0 Å². The molecule has 2 aliphatic rings. The third-order valence-electron chi connectivity index (χ3n) is 4.99. The monoisotopic (exact) mass is 337 g/mol. The second kappa shape index (κ2) is 5.88. The number of rotatable bonds is 2. The van der Waals surface area contributed by atoms with Crippen molar-refractivity contribution < 1.29 is 14.3 Å². The number of carbonyl (C=O) groups excluding carboxylic acids is 2.